The minimum atomic E-state index is 0.790. The van der Waals surface area contributed by atoms with Gasteiger partial charge in [0.2, 0.25) is 0 Å². The summed E-state index contributed by atoms with van der Waals surface area (Å²) in [5, 5.41) is 0. The van der Waals surface area contributed by atoms with Gasteiger partial charge in [0, 0.05) is 5.56 Å². The van der Waals surface area contributed by atoms with Crippen molar-refractivity contribution in [1.29, 1.82) is 0 Å². The molecule has 0 aliphatic heterocycles. The SMILES string of the molecule is C#Cc1ccc(-c2ccc(C3CCCC3)cc2)cc1. The minimum Gasteiger partial charge on any atom is -0.115 e. The first-order valence-electron chi connectivity index (χ1n) is 7.04. The zero-order valence-corrected chi connectivity index (χ0v) is 11.1. The zero-order chi connectivity index (χ0) is 13.1. The lowest BCUT2D eigenvalue weighted by molar-refractivity contribution is 0.723. The highest BCUT2D eigenvalue weighted by atomic mass is 14.2. The van der Waals surface area contributed by atoms with Gasteiger partial charge in [-0.1, -0.05) is 55.2 Å². The number of hydrogen-bond acceptors (Lipinski definition) is 0. The molecule has 0 radical (unpaired) electrons. The van der Waals surface area contributed by atoms with Gasteiger partial charge in [0.15, 0.2) is 0 Å². The molecule has 2 aromatic rings. The highest BCUT2D eigenvalue weighted by Gasteiger charge is 2.16. The molecule has 0 atom stereocenters. The molecule has 0 amide bonds. The summed E-state index contributed by atoms with van der Waals surface area (Å²) in [5.74, 6) is 3.44. The van der Waals surface area contributed by atoms with Crippen molar-refractivity contribution in [3.63, 3.8) is 0 Å². The maximum Gasteiger partial charge on any atom is 0.0243 e. The number of hydrogen-bond donors (Lipinski definition) is 0. The molecule has 0 aromatic heterocycles. The predicted molar refractivity (Wildman–Crippen MR) is 81.0 cm³/mol. The van der Waals surface area contributed by atoms with E-state index in [1.165, 1.54) is 42.4 Å². The summed E-state index contributed by atoms with van der Waals surface area (Å²) in [6.07, 6.45) is 10.9. The second-order valence-corrected chi connectivity index (χ2v) is 5.33. The molecule has 0 N–H and O–H groups in total. The molecule has 0 nitrogen and oxygen atoms in total. The molecular weight excluding hydrogens is 228 g/mol. The zero-order valence-electron chi connectivity index (χ0n) is 11.1. The fraction of sp³-hybridized carbons (Fsp3) is 0.263. The number of rotatable bonds is 2. The molecule has 0 saturated heterocycles. The Morgan fingerprint density at radius 1 is 0.789 bits per heavy atom. The molecule has 1 saturated carbocycles. The summed E-state index contributed by atoms with van der Waals surface area (Å²) >= 11 is 0. The van der Waals surface area contributed by atoms with Crippen molar-refractivity contribution >= 4 is 0 Å². The van der Waals surface area contributed by atoms with Crippen LogP contribution in [0, 0.1) is 12.3 Å². The molecule has 0 heterocycles. The third kappa shape index (κ3) is 2.56. The van der Waals surface area contributed by atoms with Crippen molar-refractivity contribution in [3.05, 3.63) is 59.7 Å². The van der Waals surface area contributed by atoms with E-state index in [-0.39, 0.29) is 0 Å². The summed E-state index contributed by atoms with van der Waals surface area (Å²) in [4.78, 5) is 0. The van der Waals surface area contributed by atoms with Gasteiger partial charge in [-0.05, 0) is 47.6 Å². The van der Waals surface area contributed by atoms with Crippen LogP contribution in [0.15, 0.2) is 48.5 Å². The first-order valence-corrected chi connectivity index (χ1v) is 7.04. The van der Waals surface area contributed by atoms with Gasteiger partial charge in [0.1, 0.15) is 0 Å². The van der Waals surface area contributed by atoms with E-state index in [0.717, 1.165) is 11.5 Å². The second-order valence-electron chi connectivity index (χ2n) is 5.33. The molecule has 0 unspecified atom stereocenters. The molecule has 1 aliphatic carbocycles. The van der Waals surface area contributed by atoms with E-state index >= 15 is 0 Å². The molecule has 0 bridgehead atoms. The maximum absolute atomic E-state index is 5.38. The Kier molecular flexibility index (Phi) is 3.38. The largest absolute Gasteiger partial charge is 0.115 e. The van der Waals surface area contributed by atoms with E-state index in [9.17, 15) is 0 Å². The summed E-state index contributed by atoms with van der Waals surface area (Å²) in [5.41, 5.74) is 4.94. The standard InChI is InChI=1S/C19H18/c1-2-15-7-9-17(10-8-15)19-13-11-18(12-14-19)16-5-3-4-6-16/h1,7-14,16H,3-6H2. The summed E-state index contributed by atoms with van der Waals surface area (Å²) < 4.78 is 0. The van der Waals surface area contributed by atoms with Crippen LogP contribution in [0.4, 0.5) is 0 Å². The van der Waals surface area contributed by atoms with E-state index < -0.39 is 0 Å². The van der Waals surface area contributed by atoms with Crippen molar-refractivity contribution in [1.82, 2.24) is 0 Å². The van der Waals surface area contributed by atoms with Crippen LogP contribution in [0.25, 0.3) is 11.1 Å². The maximum atomic E-state index is 5.38. The van der Waals surface area contributed by atoms with Crippen LogP contribution in [0.3, 0.4) is 0 Å². The van der Waals surface area contributed by atoms with Crippen LogP contribution >= 0.6 is 0 Å². The lowest BCUT2D eigenvalue weighted by atomic mass is 9.95. The van der Waals surface area contributed by atoms with Gasteiger partial charge in [-0.3, -0.25) is 0 Å². The van der Waals surface area contributed by atoms with Crippen molar-refractivity contribution < 1.29 is 0 Å². The Labute approximate surface area is 115 Å². The van der Waals surface area contributed by atoms with Gasteiger partial charge >= 0.3 is 0 Å². The summed E-state index contributed by atoms with van der Waals surface area (Å²) in [6.45, 7) is 0. The summed E-state index contributed by atoms with van der Waals surface area (Å²) in [6, 6.07) is 17.2. The van der Waals surface area contributed by atoms with Crippen LogP contribution in [-0.4, -0.2) is 0 Å². The van der Waals surface area contributed by atoms with Crippen molar-refractivity contribution in [2.75, 3.05) is 0 Å². The number of benzene rings is 2. The molecule has 1 fully saturated rings. The molecule has 0 spiro atoms. The molecule has 3 rings (SSSR count). The Balaban J connectivity index is 1.83. The van der Waals surface area contributed by atoms with Gasteiger partial charge in [-0.2, -0.15) is 0 Å². The van der Waals surface area contributed by atoms with Gasteiger partial charge < -0.3 is 0 Å². The van der Waals surface area contributed by atoms with Crippen LogP contribution in [-0.2, 0) is 0 Å². The van der Waals surface area contributed by atoms with E-state index in [2.05, 4.69) is 42.3 Å². The Hall–Kier alpha value is -2.00. The first-order chi connectivity index (χ1) is 9.36. The first kappa shape index (κ1) is 12.1. The van der Waals surface area contributed by atoms with Crippen LogP contribution in [0.1, 0.15) is 42.7 Å². The van der Waals surface area contributed by atoms with Gasteiger partial charge in [-0.25, -0.2) is 0 Å². The molecule has 19 heavy (non-hydrogen) atoms. The Morgan fingerprint density at radius 3 is 1.84 bits per heavy atom. The van der Waals surface area contributed by atoms with Crippen LogP contribution in [0.2, 0.25) is 0 Å². The average molecular weight is 246 g/mol. The quantitative estimate of drug-likeness (QED) is 0.655. The van der Waals surface area contributed by atoms with E-state index in [1.54, 1.807) is 0 Å². The molecule has 2 aromatic carbocycles. The molecular formula is C19H18. The monoisotopic (exact) mass is 246 g/mol. The van der Waals surface area contributed by atoms with E-state index in [4.69, 9.17) is 6.42 Å². The van der Waals surface area contributed by atoms with Crippen molar-refractivity contribution in [3.8, 4) is 23.5 Å². The van der Waals surface area contributed by atoms with Gasteiger partial charge in [-0.15, -0.1) is 6.42 Å². The van der Waals surface area contributed by atoms with Gasteiger partial charge in [0.25, 0.3) is 0 Å². The van der Waals surface area contributed by atoms with E-state index in [1.807, 2.05) is 12.1 Å². The fourth-order valence-electron chi connectivity index (χ4n) is 2.97. The summed E-state index contributed by atoms with van der Waals surface area (Å²) in [7, 11) is 0. The van der Waals surface area contributed by atoms with Crippen molar-refractivity contribution in [2.45, 2.75) is 31.6 Å². The topological polar surface area (TPSA) is 0 Å². The minimum absolute atomic E-state index is 0.790. The molecule has 0 heteroatoms. The third-order valence-electron chi connectivity index (χ3n) is 4.12. The lowest BCUT2D eigenvalue weighted by Crippen LogP contribution is -1.91. The Bertz CT molecular complexity index is 575. The van der Waals surface area contributed by atoms with Crippen LogP contribution in [0.5, 0.6) is 0 Å². The Morgan fingerprint density at radius 2 is 1.32 bits per heavy atom. The smallest absolute Gasteiger partial charge is 0.0243 e. The molecule has 1 aliphatic rings. The fourth-order valence-corrected chi connectivity index (χ4v) is 2.97. The van der Waals surface area contributed by atoms with Crippen LogP contribution < -0.4 is 0 Å². The molecule has 94 valence electrons. The highest BCUT2D eigenvalue weighted by molar-refractivity contribution is 5.64. The number of terminal acetylenes is 1. The second kappa shape index (κ2) is 5.33. The highest BCUT2D eigenvalue weighted by Crippen LogP contribution is 2.34. The third-order valence-corrected chi connectivity index (χ3v) is 4.12. The average Bonchev–Trinajstić information content (AvgIpc) is 3.02. The van der Waals surface area contributed by atoms with Crippen molar-refractivity contribution in [2.24, 2.45) is 0 Å². The van der Waals surface area contributed by atoms with E-state index in [0.29, 0.717) is 0 Å². The normalized spacial score (nSPS) is 15.3. The predicted octanol–water partition coefficient (Wildman–Crippen LogP) is 4.99. The van der Waals surface area contributed by atoms with Gasteiger partial charge in [0.05, 0.1) is 0 Å². The lowest BCUT2D eigenvalue weighted by Gasteiger charge is -2.10.